The molecule has 1 N–H and O–H groups in total. The van der Waals surface area contributed by atoms with Crippen molar-refractivity contribution in [1.29, 1.82) is 0 Å². The fourth-order valence-corrected chi connectivity index (χ4v) is 3.87. The normalized spacial score (nSPS) is 23.6. The maximum Gasteiger partial charge on any atom is 0.0603 e. The van der Waals surface area contributed by atoms with Crippen LogP contribution in [0.5, 0.6) is 0 Å². The van der Waals surface area contributed by atoms with Gasteiger partial charge in [0.1, 0.15) is 0 Å². The van der Waals surface area contributed by atoms with Crippen molar-refractivity contribution in [3.63, 3.8) is 0 Å². The van der Waals surface area contributed by atoms with Crippen LogP contribution in [-0.4, -0.2) is 31.6 Å². The van der Waals surface area contributed by atoms with Crippen LogP contribution in [0.15, 0.2) is 47.4 Å². The molecule has 0 bridgehead atoms. The molecule has 1 saturated heterocycles. The van der Waals surface area contributed by atoms with E-state index in [1.54, 1.807) is 0 Å². The van der Waals surface area contributed by atoms with E-state index in [1.165, 1.54) is 15.7 Å². The van der Waals surface area contributed by atoms with Crippen molar-refractivity contribution in [3.05, 3.63) is 42.5 Å². The van der Waals surface area contributed by atoms with Gasteiger partial charge in [-0.05, 0) is 36.4 Å². The van der Waals surface area contributed by atoms with Gasteiger partial charge < -0.3 is 10.1 Å². The lowest BCUT2D eigenvalue weighted by Crippen LogP contribution is -2.43. The predicted octanol–water partition coefficient (Wildman–Crippen LogP) is 3.31. The molecule has 3 rings (SSSR count). The van der Waals surface area contributed by atoms with Crippen molar-refractivity contribution in [2.24, 2.45) is 0 Å². The van der Waals surface area contributed by atoms with E-state index >= 15 is 0 Å². The zero-order chi connectivity index (χ0) is 13.1. The number of thioether (sulfide) groups is 1. The minimum atomic E-state index is 0.500. The van der Waals surface area contributed by atoms with Crippen molar-refractivity contribution >= 4 is 22.5 Å². The Morgan fingerprint density at radius 1 is 1.16 bits per heavy atom. The third kappa shape index (κ3) is 2.94. The molecule has 1 aliphatic heterocycles. The molecule has 2 nitrogen and oxygen atoms in total. The molecule has 19 heavy (non-hydrogen) atoms. The highest BCUT2D eigenvalue weighted by atomic mass is 32.2. The van der Waals surface area contributed by atoms with E-state index < -0.39 is 0 Å². The molecule has 2 unspecified atom stereocenters. The van der Waals surface area contributed by atoms with E-state index in [0.717, 1.165) is 19.6 Å². The Morgan fingerprint density at radius 2 is 2.00 bits per heavy atom. The van der Waals surface area contributed by atoms with Crippen LogP contribution < -0.4 is 5.32 Å². The molecule has 2 atom stereocenters. The Labute approximate surface area is 118 Å². The molecule has 1 aliphatic rings. The topological polar surface area (TPSA) is 21.3 Å². The van der Waals surface area contributed by atoms with Crippen LogP contribution in [0.1, 0.15) is 6.42 Å². The van der Waals surface area contributed by atoms with Crippen molar-refractivity contribution in [1.82, 2.24) is 5.32 Å². The third-order valence-electron chi connectivity index (χ3n) is 3.68. The number of nitrogens with one attached hydrogen (secondary N) is 1. The first-order valence-corrected chi connectivity index (χ1v) is 7.65. The number of ether oxygens (including phenoxy) is 1. The fourth-order valence-electron chi connectivity index (χ4n) is 2.57. The largest absolute Gasteiger partial charge is 0.380 e. The van der Waals surface area contributed by atoms with E-state index in [9.17, 15) is 0 Å². The molecule has 0 saturated carbocycles. The Morgan fingerprint density at radius 3 is 2.84 bits per heavy atom. The average molecular weight is 273 g/mol. The molecule has 0 radical (unpaired) electrons. The Hall–Kier alpha value is -1.03. The zero-order valence-electron chi connectivity index (χ0n) is 11.1. The molecule has 0 aromatic heterocycles. The van der Waals surface area contributed by atoms with Crippen molar-refractivity contribution < 1.29 is 4.74 Å². The zero-order valence-corrected chi connectivity index (χ0v) is 12.0. The second-order valence-electron chi connectivity index (χ2n) is 4.92. The van der Waals surface area contributed by atoms with Crippen LogP contribution in [0.3, 0.4) is 0 Å². The van der Waals surface area contributed by atoms with Gasteiger partial charge in [0.25, 0.3) is 0 Å². The van der Waals surface area contributed by atoms with Crippen LogP contribution in [0, 0.1) is 0 Å². The quantitative estimate of drug-likeness (QED) is 0.927. The number of benzene rings is 2. The molecule has 2 aromatic rings. The second kappa shape index (κ2) is 5.95. The number of fused-ring (bicyclic) bond motifs is 1. The van der Waals surface area contributed by atoms with E-state index in [-0.39, 0.29) is 0 Å². The molecule has 1 fully saturated rings. The fraction of sp³-hybridized carbons (Fsp3) is 0.375. The monoisotopic (exact) mass is 273 g/mol. The van der Waals surface area contributed by atoms with Gasteiger partial charge in [-0.15, -0.1) is 11.8 Å². The molecule has 3 heteroatoms. The first-order chi connectivity index (χ1) is 9.36. The van der Waals surface area contributed by atoms with Gasteiger partial charge in [-0.25, -0.2) is 0 Å². The Bertz CT molecular complexity index is 557. The van der Waals surface area contributed by atoms with E-state index in [1.807, 2.05) is 18.8 Å². The van der Waals surface area contributed by atoms with Crippen LogP contribution in [0.4, 0.5) is 0 Å². The first-order valence-electron chi connectivity index (χ1n) is 6.77. The summed E-state index contributed by atoms with van der Waals surface area (Å²) in [5, 5.41) is 6.52. The summed E-state index contributed by atoms with van der Waals surface area (Å²) in [5.74, 6) is 0. The average Bonchev–Trinajstić information content (AvgIpc) is 2.48. The predicted molar refractivity (Wildman–Crippen MR) is 81.9 cm³/mol. The lowest BCUT2D eigenvalue weighted by atomic mass is 10.1. The Balaban J connectivity index is 1.80. The minimum Gasteiger partial charge on any atom is -0.380 e. The lowest BCUT2D eigenvalue weighted by molar-refractivity contribution is 0.0851. The highest BCUT2D eigenvalue weighted by Gasteiger charge is 2.25. The van der Waals surface area contributed by atoms with Crippen molar-refractivity contribution in [2.75, 3.05) is 20.3 Å². The van der Waals surface area contributed by atoms with Gasteiger partial charge >= 0.3 is 0 Å². The van der Waals surface area contributed by atoms with Gasteiger partial charge in [-0.3, -0.25) is 0 Å². The second-order valence-corrected chi connectivity index (χ2v) is 6.24. The van der Waals surface area contributed by atoms with E-state index in [0.29, 0.717) is 11.3 Å². The Kier molecular flexibility index (Phi) is 4.06. The van der Waals surface area contributed by atoms with Gasteiger partial charge in [0.15, 0.2) is 0 Å². The van der Waals surface area contributed by atoms with Crippen molar-refractivity contribution in [2.45, 2.75) is 22.6 Å². The van der Waals surface area contributed by atoms with Gasteiger partial charge in [0.05, 0.1) is 6.61 Å². The number of hydrogen-bond acceptors (Lipinski definition) is 3. The number of rotatable bonds is 3. The highest BCUT2D eigenvalue weighted by Crippen LogP contribution is 2.31. The SMILES string of the molecule is CNC1CCOCC1Sc1ccc2ccccc2c1. The molecule has 2 aromatic carbocycles. The molecule has 1 heterocycles. The van der Waals surface area contributed by atoms with Gasteiger partial charge in [-0.1, -0.05) is 30.3 Å². The third-order valence-corrected chi connectivity index (χ3v) is 4.98. The summed E-state index contributed by atoms with van der Waals surface area (Å²) in [4.78, 5) is 1.33. The summed E-state index contributed by atoms with van der Waals surface area (Å²) in [6.07, 6.45) is 1.10. The summed E-state index contributed by atoms with van der Waals surface area (Å²) in [6, 6.07) is 15.8. The van der Waals surface area contributed by atoms with E-state index in [2.05, 4.69) is 47.8 Å². The van der Waals surface area contributed by atoms with Gasteiger partial charge in [-0.2, -0.15) is 0 Å². The van der Waals surface area contributed by atoms with E-state index in [4.69, 9.17) is 4.74 Å². The summed E-state index contributed by atoms with van der Waals surface area (Å²) < 4.78 is 5.61. The smallest absolute Gasteiger partial charge is 0.0603 e. The maximum absolute atomic E-state index is 5.61. The lowest BCUT2D eigenvalue weighted by Gasteiger charge is -2.30. The van der Waals surface area contributed by atoms with Crippen LogP contribution in [0.2, 0.25) is 0 Å². The van der Waals surface area contributed by atoms with Gasteiger partial charge in [0.2, 0.25) is 0 Å². The van der Waals surface area contributed by atoms with Crippen molar-refractivity contribution in [3.8, 4) is 0 Å². The van der Waals surface area contributed by atoms with Crippen LogP contribution in [0.25, 0.3) is 10.8 Å². The van der Waals surface area contributed by atoms with Gasteiger partial charge in [0, 0.05) is 22.8 Å². The molecule has 0 amide bonds. The first kappa shape index (κ1) is 13.0. The molecule has 0 spiro atoms. The molecular weight excluding hydrogens is 254 g/mol. The molecule has 0 aliphatic carbocycles. The standard InChI is InChI=1S/C16H19NOS/c1-17-15-8-9-18-11-16(15)19-14-7-6-12-4-2-3-5-13(12)10-14/h2-7,10,15-17H,8-9,11H2,1H3. The maximum atomic E-state index is 5.61. The highest BCUT2D eigenvalue weighted by molar-refractivity contribution is 8.00. The molecular formula is C16H19NOS. The minimum absolute atomic E-state index is 0.500. The van der Waals surface area contributed by atoms with Crippen LogP contribution >= 0.6 is 11.8 Å². The molecule has 100 valence electrons. The summed E-state index contributed by atoms with van der Waals surface area (Å²) in [7, 11) is 2.05. The summed E-state index contributed by atoms with van der Waals surface area (Å²) in [5.41, 5.74) is 0. The summed E-state index contributed by atoms with van der Waals surface area (Å²) >= 11 is 1.92. The van der Waals surface area contributed by atoms with Crippen LogP contribution in [-0.2, 0) is 4.74 Å². The summed E-state index contributed by atoms with van der Waals surface area (Å²) in [6.45, 7) is 1.71. The number of hydrogen-bond donors (Lipinski definition) is 1.